The lowest BCUT2D eigenvalue weighted by molar-refractivity contribution is -0.571. The zero-order valence-electron chi connectivity index (χ0n) is 15.0. The highest BCUT2D eigenvalue weighted by molar-refractivity contribution is 5.09. The average Bonchev–Trinajstić information content (AvgIpc) is 2.76. The lowest BCUT2D eigenvalue weighted by atomic mass is 9.57. The van der Waals surface area contributed by atoms with Crippen molar-refractivity contribution in [2.75, 3.05) is 0 Å². The van der Waals surface area contributed by atoms with Crippen molar-refractivity contribution in [2.24, 2.45) is 23.7 Å². The molecule has 4 nitrogen and oxygen atoms in total. The SMILES string of the molecule is CCCCC1O[C@@H]2O[C@@]3(C)CC[C@H]4[C@H](C)CC[C@@H]([C@H]1C)[C@@]24OO3. The van der Waals surface area contributed by atoms with Crippen LogP contribution in [0, 0.1) is 23.7 Å². The fourth-order valence-electron chi connectivity index (χ4n) is 5.71. The van der Waals surface area contributed by atoms with Crippen molar-refractivity contribution in [2.45, 2.75) is 96.4 Å². The van der Waals surface area contributed by atoms with Crippen molar-refractivity contribution in [1.82, 2.24) is 0 Å². The Morgan fingerprint density at radius 1 is 1.04 bits per heavy atom. The summed E-state index contributed by atoms with van der Waals surface area (Å²) in [4.78, 5) is 12.0. The molecular formula is C19H32O4. The van der Waals surface area contributed by atoms with Gasteiger partial charge in [-0.1, -0.05) is 33.6 Å². The summed E-state index contributed by atoms with van der Waals surface area (Å²) < 4.78 is 12.9. The van der Waals surface area contributed by atoms with Crippen LogP contribution in [0.1, 0.15) is 72.6 Å². The molecule has 5 aliphatic rings. The van der Waals surface area contributed by atoms with Gasteiger partial charge in [-0.25, -0.2) is 9.78 Å². The molecule has 4 heteroatoms. The molecule has 0 aromatic heterocycles. The molecule has 1 unspecified atom stereocenters. The molecule has 0 amide bonds. The summed E-state index contributed by atoms with van der Waals surface area (Å²) in [6.07, 6.45) is 8.07. The van der Waals surface area contributed by atoms with E-state index in [1.54, 1.807) is 0 Å². The minimum Gasteiger partial charge on any atom is -0.346 e. The van der Waals surface area contributed by atoms with Crippen LogP contribution in [0.3, 0.4) is 0 Å². The molecule has 0 N–H and O–H groups in total. The first-order valence-corrected chi connectivity index (χ1v) is 9.70. The van der Waals surface area contributed by atoms with Gasteiger partial charge in [-0.2, -0.15) is 0 Å². The maximum Gasteiger partial charge on any atom is 0.201 e. The minimum atomic E-state index is -0.645. The van der Waals surface area contributed by atoms with Crippen molar-refractivity contribution in [3.05, 3.63) is 0 Å². The Kier molecular flexibility index (Phi) is 4.03. The van der Waals surface area contributed by atoms with Crippen LogP contribution in [0.5, 0.6) is 0 Å². The predicted molar refractivity (Wildman–Crippen MR) is 86.4 cm³/mol. The van der Waals surface area contributed by atoms with Gasteiger partial charge >= 0.3 is 0 Å². The molecule has 4 saturated heterocycles. The highest BCUT2D eigenvalue weighted by Gasteiger charge is 2.69. The highest BCUT2D eigenvalue weighted by atomic mass is 17.3. The summed E-state index contributed by atoms with van der Waals surface area (Å²) in [5.74, 6) is 1.46. The second-order valence-electron chi connectivity index (χ2n) is 8.59. The monoisotopic (exact) mass is 324 g/mol. The topological polar surface area (TPSA) is 36.9 Å². The molecule has 4 aliphatic heterocycles. The molecule has 0 aromatic rings. The van der Waals surface area contributed by atoms with E-state index in [0.717, 1.165) is 19.3 Å². The first-order chi connectivity index (χ1) is 11.0. The number of hydrogen-bond donors (Lipinski definition) is 0. The van der Waals surface area contributed by atoms with E-state index in [0.29, 0.717) is 23.7 Å². The molecule has 23 heavy (non-hydrogen) atoms. The first kappa shape index (κ1) is 16.3. The molecular weight excluding hydrogens is 292 g/mol. The third-order valence-electron chi connectivity index (χ3n) is 7.14. The maximum atomic E-state index is 6.53. The van der Waals surface area contributed by atoms with Gasteiger partial charge in [0.25, 0.3) is 0 Å². The van der Waals surface area contributed by atoms with Crippen molar-refractivity contribution in [1.29, 1.82) is 0 Å². The predicted octanol–water partition coefficient (Wildman–Crippen LogP) is 4.43. The molecule has 5 fully saturated rings. The van der Waals surface area contributed by atoms with Gasteiger partial charge in [-0.15, -0.1) is 0 Å². The third kappa shape index (κ3) is 2.32. The Balaban J connectivity index is 1.70. The fraction of sp³-hybridized carbons (Fsp3) is 1.00. The Hall–Kier alpha value is -0.160. The van der Waals surface area contributed by atoms with E-state index < -0.39 is 11.4 Å². The quantitative estimate of drug-likeness (QED) is 0.720. The second-order valence-corrected chi connectivity index (χ2v) is 8.59. The largest absolute Gasteiger partial charge is 0.346 e. The van der Waals surface area contributed by atoms with Gasteiger partial charge in [-0.05, 0) is 50.4 Å². The Bertz CT molecular complexity index is 455. The smallest absolute Gasteiger partial charge is 0.201 e. The summed E-state index contributed by atoms with van der Waals surface area (Å²) in [6, 6.07) is 0. The Morgan fingerprint density at radius 2 is 1.87 bits per heavy atom. The first-order valence-electron chi connectivity index (χ1n) is 9.70. The summed E-state index contributed by atoms with van der Waals surface area (Å²) in [6.45, 7) is 8.96. The minimum absolute atomic E-state index is 0.264. The van der Waals surface area contributed by atoms with E-state index in [-0.39, 0.29) is 12.4 Å². The van der Waals surface area contributed by atoms with Crippen molar-refractivity contribution < 1.29 is 19.2 Å². The fourth-order valence-corrected chi connectivity index (χ4v) is 5.71. The molecule has 1 aliphatic carbocycles. The number of hydrogen-bond acceptors (Lipinski definition) is 4. The van der Waals surface area contributed by atoms with Crippen molar-refractivity contribution in [3.8, 4) is 0 Å². The number of ether oxygens (including phenoxy) is 2. The molecule has 8 atom stereocenters. The third-order valence-corrected chi connectivity index (χ3v) is 7.14. The van der Waals surface area contributed by atoms with E-state index in [2.05, 4.69) is 20.8 Å². The molecule has 5 rings (SSSR count). The lowest BCUT2D eigenvalue weighted by Crippen LogP contribution is -2.70. The average molecular weight is 324 g/mol. The summed E-state index contributed by atoms with van der Waals surface area (Å²) >= 11 is 0. The molecule has 4 heterocycles. The molecule has 2 bridgehead atoms. The second kappa shape index (κ2) is 5.69. The molecule has 1 spiro atoms. The van der Waals surface area contributed by atoms with Gasteiger partial charge in [0.15, 0.2) is 11.9 Å². The molecule has 0 radical (unpaired) electrons. The van der Waals surface area contributed by atoms with Crippen LogP contribution >= 0.6 is 0 Å². The number of rotatable bonds is 3. The van der Waals surface area contributed by atoms with Gasteiger partial charge in [-0.3, -0.25) is 0 Å². The molecule has 0 aromatic carbocycles. The normalized spacial score (nSPS) is 55.3. The van der Waals surface area contributed by atoms with Crippen molar-refractivity contribution >= 4 is 0 Å². The van der Waals surface area contributed by atoms with E-state index in [1.807, 2.05) is 6.92 Å². The summed E-state index contributed by atoms with van der Waals surface area (Å²) in [5.41, 5.74) is -0.393. The van der Waals surface area contributed by atoms with Crippen LogP contribution in [0.25, 0.3) is 0 Å². The summed E-state index contributed by atoms with van der Waals surface area (Å²) in [7, 11) is 0. The zero-order chi connectivity index (χ0) is 16.2. The van der Waals surface area contributed by atoms with Crippen LogP contribution in [0.2, 0.25) is 0 Å². The zero-order valence-corrected chi connectivity index (χ0v) is 15.0. The van der Waals surface area contributed by atoms with E-state index >= 15 is 0 Å². The van der Waals surface area contributed by atoms with E-state index in [1.165, 1.54) is 25.7 Å². The Labute approximate surface area is 140 Å². The van der Waals surface area contributed by atoms with Gasteiger partial charge < -0.3 is 9.47 Å². The maximum absolute atomic E-state index is 6.53. The van der Waals surface area contributed by atoms with Crippen LogP contribution in [0.4, 0.5) is 0 Å². The van der Waals surface area contributed by atoms with E-state index in [9.17, 15) is 0 Å². The van der Waals surface area contributed by atoms with Gasteiger partial charge in [0.2, 0.25) is 5.79 Å². The number of unbranched alkanes of at least 4 members (excludes halogenated alkanes) is 1. The van der Waals surface area contributed by atoms with Crippen LogP contribution in [-0.4, -0.2) is 23.8 Å². The van der Waals surface area contributed by atoms with Gasteiger partial charge in [0.1, 0.15) is 0 Å². The van der Waals surface area contributed by atoms with Crippen LogP contribution < -0.4 is 0 Å². The summed E-state index contributed by atoms with van der Waals surface area (Å²) in [5, 5.41) is 0. The Morgan fingerprint density at radius 3 is 2.65 bits per heavy atom. The number of fused-ring (bicyclic) bond motifs is 2. The van der Waals surface area contributed by atoms with Gasteiger partial charge in [0, 0.05) is 12.3 Å². The van der Waals surface area contributed by atoms with Crippen LogP contribution in [0.15, 0.2) is 0 Å². The van der Waals surface area contributed by atoms with Crippen molar-refractivity contribution in [3.63, 3.8) is 0 Å². The highest BCUT2D eigenvalue weighted by Crippen LogP contribution is 2.60. The molecule has 132 valence electrons. The standard InChI is InChI=1S/C19H32O4/c1-5-6-7-16-13(3)15-9-8-12(2)14-10-11-18(4)21-17(20-16)19(14,15)23-22-18/h12-17H,5-11H2,1-4H3/t12-,13-,14+,15+,16?,17-,18-,19-/m1/s1. The van der Waals surface area contributed by atoms with E-state index in [4.69, 9.17) is 19.2 Å². The van der Waals surface area contributed by atoms with Crippen LogP contribution in [-0.2, 0) is 19.2 Å². The van der Waals surface area contributed by atoms with Gasteiger partial charge in [0.05, 0.1) is 6.10 Å². The lowest BCUT2D eigenvalue weighted by Gasteiger charge is -2.60. The molecule has 1 saturated carbocycles.